The minimum absolute atomic E-state index is 0.0666. The van der Waals surface area contributed by atoms with E-state index in [1.54, 1.807) is 6.07 Å². The van der Waals surface area contributed by atoms with Gasteiger partial charge in [-0.2, -0.15) is 0 Å². The average molecular weight is 302 g/mol. The van der Waals surface area contributed by atoms with Crippen LogP contribution in [0.3, 0.4) is 0 Å². The van der Waals surface area contributed by atoms with E-state index in [0.717, 1.165) is 23.1 Å². The number of fused-ring (bicyclic) bond motifs is 1. The first-order valence-corrected chi connectivity index (χ1v) is 7.35. The summed E-state index contributed by atoms with van der Waals surface area (Å²) >= 11 is 6.12. The van der Waals surface area contributed by atoms with Gasteiger partial charge in [-0.1, -0.05) is 41.9 Å². The number of aliphatic hydroxyl groups excluding tert-OH is 1. The topological polar surface area (TPSA) is 49.3 Å². The van der Waals surface area contributed by atoms with Crippen molar-refractivity contribution in [3.63, 3.8) is 0 Å². The molecule has 4 heteroatoms. The third-order valence-corrected chi connectivity index (χ3v) is 4.18. The van der Waals surface area contributed by atoms with Crippen LogP contribution >= 0.6 is 11.6 Å². The lowest BCUT2D eigenvalue weighted by Crippen LogP contribution is -2.31. The van der Waals surface area contributed by atoms with Crippen molar-refractivity contribution in [3.8, 4) is 0 Å². The molecule has 3 rings (SSSR count). The van der Waals surface area contributed by atoms with Gasteiger partial charge in [0.25, 0.3) is 5.91 Å². The summed E-state index contributed by atoms with van der Waals surface area (Å²) in [7, 11) is 0. The molecule has 0 aliphatic carbocycles. The zero-order valence-corrected chi connectivity index (χ0v) is 12.2. The molecule has 0 aromatic heterocycles. The van der Waals surface area contributed by atoms with E-state index in [-0.39, 0.29) is 5.91 Å². The van der Waals surface area contributed by atoms with E-state index < -0.39 is 6.10 Å². The van der Waals surface area contributed by atoms with E-state index in [1.807, 2.05) is 36.4 Å². The Hall–Kier alpha value is -1.84. The Morgan fingerprint density at radius 2 is 2.05 bits per heavy atom. The predicted octanol–water partition coefficient (Wildman–Crippen LogP) is 2.90. The van der Waals surface area contributed by atoms with E-state index in [9.17, 15) is 9.90 Å². The summed E-state index contributed by atoms with van der Waals surface area (Å²) in [6.07, 6.45) is 0.590. The van der Waals surface area contributed by atoms with E-state index >= 15 is 0 Å². The van der Waals surface area contributed by atoms with Gasteiger partial charge >= 0.3 is 0 Å². The molecular formula is C17H16ClNO2. The number of halogens is 1. The molecule has 1 aliphatic heterocycles. The highest BCUT2D eigenvalue weighted by atomic mass is 35.5. The van der Waals surface area contributed by atoms with Crippen LogP contribution in [0.5, 0.6) is 0 Å². The standard InChI is InChI=1S/C17H16ClNO2/c18-15-4-2-1-3-12(15)10-16(20)13-6-5-11-7-8-19-17(21)14(11)9-13/h1-6,9,16,20H,7-8,10H2,(H,19,21). The van der Waals surface area contributed by atoms with Crippen LogP contribution in [0.25, 0.3) is 0 Å². The molecule has 0 radical (unpaired) electrons. The molecule has 2 N–H and O–H groups in total. The quantitative estimate of drug-likeness (QED) is 0.916. The number of carbonyl (C=O) groups is 1. The number of benzene rings is 2. The summed E-state index contributed by atoms with van der Waals surface area (Å²) in [5, 5.41) is 13.9. The highest BCUT2D eigenvalue weighted by Crippen LogP contribution is 2.25. The maximum atomic E-state index is 11.9. The van der Waals surface area contributed by atoms with Crippen LogP contribution in [0, 0.1) is 0 Å². The summed E-state index contributed by atoms with van der Waals surface area (Å²) in [4.78, 5) is 11.9. The molecule has 0 spiro atoms. The number of rotatable bonds is 3. The van der Waals surface area contributed by atoms with Crippen LogP contribution in [0.4, 0.5) is 0 Å². The maximum Gasteiger partial charge on any atom is 0.251 e. The summed E-state index contributed by atoms with van der Waals surface area (Å²) in [6.45, 7) is 0.674. The Morgan fingerprint density at radius 3 is 2.86 bits per heavy atom. The van der Waals surface area contributed by atoms with Crippen molar-refractivity contribution < 1.29 is 9.90 Å². The van der Waals surface area contributed by atoms with Gasteiger partial charge in [0.1, 0.15) is 0 Å². The lowest BCUT2D eigenvalue weighted by molar-refractivity contribution is 0.0945. The Kier molecular flexibility index (Phi) is 3.95. The fourth-order valence-corrected chi connectivity index (χ4v) is 2.84. The van der Waals surface area contributed by atoms with Crippen LogP contribution in [0.15, 0.2) is 42.5 Å². The van der Waals surface area contributed by atoms with Gasteiger partial charge in [0.15, 0.2) is 0 Å². The van der Waals surface area contributed by atoms with Crippen molar-refractivity contribution in [3.05, 3.63) is 69.7 Å². The Balaban J connectivity index is 1.85. The number of aliphatic hydroxyl groups is 1. The first-order valence-electron chi connectivity index (χ1n) is 6.97. The molecule has 108 valence electrons. The molecule has 1 atom stereocenters. The van der Waals surface area contributed by atoms with Crippen molar-refractivity contribution in [1.29, 1.82) is 0 Å². The molecule has 2 aromatic rings. The van der Waals surface area contributed by atoms with Crippen molar-refractivity contribution in [2.24, 2.45) is 0 Å². The lowest BCUT2D eigenvalue weighted by Gasteiger charge is -2.19. The third-order valence-electron chi connectivity index (χ3n) is 3.81. The number of hydrogen-bond donors (Lipinski definition) is 2. The third kappa shape index (κ3) is 2.94. The fourth-order valence-electron chi connectivity index (χ4n) is 2.63. The molecule has 0 saturated heterocycles. The molecule has 1 heterocycles. The first kappa shape index (κ1) is 14.1. The molecule has 0 bridgehead atoms. The molecule has 2 aromatic carbocycles. The van der Waals surface area contributed by atoms with Gasteiger partial charge in [-0.05, 0) is 35.2 Å². The summed E-state index contributed by atoms with van der Waals surface area (Å²) in [5.41, 5.74) is 3.34. The second-order valence-corrected chi connectivity index (χ2v) is 5.64. The molecular weight excluding hydrogens is 286 g/mol. The van der Waals surface area contributed by atoms with Gasteiger partial charge in [-0.3, -0.25) is 4.79 Å². The van der Waals surface area contributed by atoms with E-state index in [2.05, 4.69) is 5.32 Å². The molecule has 1 amide bonds. The minimum atomic E-state index is -0.676. The van der Waals surface area contributed by atoms with Crippen LogP contribution in [0.1, 0.15) is 33.2 Å². The molecule has 3 nitrogen and oxygen atoms in total. The molecule has 0 fully saturated rings. The summed E-state index contributed by atoms with van der Waals surface area (Å²) in [6, 6.07) is 13.1. The smallest absolute Gasteiger partial charge is 0.251 e. The van der Waals surface area contributed by atoms with Gasteiger partial charge < -0.3 is 10.4 Å². The number of carbonyl (C=O) groups excluding carboxylic acids is 1. The first-order chi connectivity index (χ1) is 10.1. The van der Waals surface area contributed by atoms with Gasteiger partial charge in [0.2, 0.25) is 0 Å². The van der Waals surface area contributed by atoms with Gasteiger partial charge in [0.05, 0.1) is 6.10 Å². The van der Waals surface area contributed by atoms with E-state index in [4.69, 9.17) is 11.6 Å². The van der Waals surface area contributed by atoms with Crippen molar-refractivity contribution in [2.75, 3.05) is 6.54 Å². The fraction of sp³-hybridized carbons (Fsp3) is 0.235. The highest BCUT2D eigenvalue weighted by molar-refractivity contribution is 6.31. The highest BCUT2D eigenvalue weighted by Gasteiger charge is 2.19. The number of hydrogen-bond acceptors (Lipinski definition) is 2. The van der Waals surface area contributed by atoms with Gasteiger partial charge in [-0.25, -0.2) is 0 Å². The van der Waals surface area contributed by atoms with E-state index in [0.29, 0.717) is 23.6 Å². The van der Waals surface area contributed by atoms with Gasteiger partial charge in [0, 0.05) is 23.6 Å². The maximum absolute atomic E-state index is 11.9. The van der Waals surface area contributed by atoms with Crippen LogP contribution in [-0.4, -0.2) is 17.6 Å². The van der Waals surface area contributed by atoms with Crippen LogP contribution in [-0.2, 0) is 12.8 Å². The lowest BCUT2D eigenvalue weighted by atomic mass is 9.94. The molecule has 21 heavy (non-hydrogen) atoms. The SMILES string of the molecule is O=C1NCCc2ccc(C(O)Cc3ccccc3Cl)cc21. The van der Waals surface area contributed by atoms with Crippen molar-refractivity contribution in [1.82, 2.24) is 5.32 Å². The van der Waals surface area contributed by atoms with Gasteiger partial charge in [-0.15, -0.1) is 0 Å². The summed E-state index contributed by atoms with van der Waals surface area (Å²) < 4.78 is 0. The van der Waals surface area contributed by atoms with Crippen molar-refractivity contribution >= 4 is 17.5 Å². The number of nitrogens with one attached hydrogen (secondary N) is 1. The average Bonchev–Trinajstić information content (AvgIpc) is 2.50. The predicted molar refractivity (Wildman–Crippen MR) is 82.6 cm³/mol. The second-order valence-electron chi connectivity index (χ2n) is 5.23. The zero-order valence-electron chi connectivity index (χ0n) is 11.5. The number of amides is 1. The normalized spacial score (nSPS) is 15.2. The monoisotopic (exact) mass is 301 g/mol. The Morgan fingerprint density at radius 1 is 1.24 bits per heavy atom. The zero-order chi connectivity index (χ0) is 14.8. The van der Waals surface area contributed by atoms with E-state index in [1.165, 1.54) is 0 Å². The molecule has 1 aliphatic rings. The van der Waals surface area contributed by atoms with Crippen molar-refractivity contribution in [2.45, 2.75) is 18.9 Å². The minimum Gasteiger partial charge on any atom is -0.388 e. The summed E-state index contributed by atoms with van der Waals surface area (Å²) in [5.74, 6) is -0.0666. The van der Waals surface area contributed by atoms with Crippen LogP contribution < -0.4 is 5.32 Å². The molecule has 1 unspecified atom stereocenters. The van der Waals surface area contributed by atoms with Crippen LogP contribution in [0.2, 0.25) is 5.02 Å². The second kappa shape index (κ2) is 5.88. The largest absolute Gasteiger partial charge is 0.388 e. The Labute approximate surface area is 128 Å². The molecule has 0 saturated carbocycles. The Bertz CT molecular complexity index is 684.